The van der Waals surface area contributed by atoms with Crippen LogP contribution in [0.4, 0.5) is 17.1 Å². The first-order valence-electron chi connectivity index (χ1n) is 23.4. The van der Waals surface area contributed by atoms with Crippen molar-refractivity contribution < 1.29 is 0 Å². The molecule has 0 saturated heterocycles. The molecule has 0 amide bonds. The Morgan fingerprint density at radius 1 is 0.422 bits per heavy atom. The Hall–Kier alpha value is -7.16. The van der Waals surface area contributed by atoms with Gasteiger partial charge in [-0.15, -0.1) is 0 Å². The van der Waals surface area contributed by atoms with Gasteiger partial charge in [-0.3, -0.25) is 0 Å². The third-order valence-electron chi connectivity index (χ3n) is 15.6. The van der Waals surface area contributed by atoms with Crippen molar-refractivity contribution in [1.82, 2.24) is 4.57 Å². The summed E-state index contributed by atoms with van der Waals surface area (Å²) < 4.78 is 2.43. The fraction of sp³-hybridized carbons (Fsp3) is 0.161. The molecule has 5 atom stereocenters. The van der Waals surface area contributed by atoms with E-state index in [2.05, 4.69) is 229 Å². The molecule has 3 aliphatic carbocycles. The molecule has 1 aromatic heterocycles. The van der Waals surface area contributed by atoms with Crippen LogP contribution < -0.4 is 4.90 Å². The Morgan fingerprint density at radius 2 is 0.969 bits per heavy atom. The van der Waals surface area contributed by atoms with Crippen LogP contribution in [0.15, 0.2) is 212 Å². The van der Waals surface area contributed by atoms with Gasteiger partial charge >= 0.3 is 0 Å². The Labute approximate surface area is 376 Å². The SMILES string of the molecule is C[C@H]1CC2C[C@H]3C[C@](c4ccccc4-c4ccc(N(c5ccc(-c6ccccc6-n6c7ccccc7c7ccccc76)cc5)c5ccc(-c6ccccc6)c6ccccc56)cc4)(C1)C23. The van der Waals surface area contributed by atoms with Gasteiger partial charge in [0.25, 0.3) is 0 Å². The molecule has 0 spiro atoms. The van der Waals surface area contributed by atoms with Crippen LogP contribution >= 0.6 is 0 Å². The zero-order valence-corrected chi connectivity index (χ0v) is 36.2. The minimum atomic E-state index is 0.341. The van der Waals surface area contributed by atoms with Gasteiger partial charge in [-0.2, -0.15) is 0 Å². The van der Waals surface area contributed by atoms with E-state index in [1.807, 2.05) is 0 Å². The highest BCUT2D eigenvalue weighted by Crippen LogP contribution is 2.72. The maximum absolute atomic E-state index is 2.50. The molecule has 0 aliphatic heterocycles. The molecule has 1 heterocycles. The molecule has 308 valence electrons. The van der Waals surface area contributed by atoms with Crippen LogP contribution in [0.2, 0.25) is 0 Å². The van der Waals surface area contributed by atoms with Crippen LogP contribution in [0.5, 0.6) is 0 Å². The number of fused-ring (bicyclic) bond motifs is 4. The van der Waals surface area contributed by atoms with E-state index in [0.29, 0.717) is 5.41 Å². The van der Waals surface area contributed by atoms with E-state index in [0.717, 1.165) is 40.7 Å². The van der Waals surface area contributed by atoms with Crippen LogP contribution in [0.3, 0.4) is 0 Å². The van der Waals surface area contributed by atoms with E-state index in [1.54, 1.807) is 5.56 Å². The summed E-state index contributed by atoms with van der Waals surface area (Å²) in [6, 6.07) is 78.8. The lowest BCUT2D eigenvalue weighted by Crippen LogP contribution is -2.65. The van der Waals surface area contributed by atoms with Gasteiger partial charge in [0, 0.05) is 33.1 Å². The summed E-state index contributed by atoms with van der Waals surface area (Å²) in [5, 5.41) is 5.00. The Kier molecular flexibility index (Phi) is 8.60. The lowest BCUT2D eigenvalue weighted by Gasteiger charge is -2.70. The molecule has 10 aromatic rings. The van der Waals surface area contributed by atoms with Gasteiger partial charge in [0.05, 0.1) is 22.4 Å². The van der Waals surface area contributed by atoms with Gasteiger partial charge in [-0.25, -0.2) is 0 Å². The molecule has 13 rings (SSSR count). The van der Waals surface area contributed by atoms with Crippen LogP contribution in [0.1, 0.15) is 38.2 Å². The molecule has 3 saturated carbocycles. The first-order chi connectivity index (χ1) is 31.6. The summed E-state index contributed by atoms with van der Waals surface area (Å²) in [4.78, 5) is 2.46. The van der Waals surface area contributed by atoms with Crippen molar-refractivity contribution in [3.8, 4) is 39.1 Å². The van der Waals surface area contributed by atoms with Gasteiger partial charge in [-0.1, -0.05) is 171 Å². The number of aromatic nitrogens is 1. The second-order valence-corrected chi connectivity index (χ2v) is 19.1. The van der Waals surface area contributed by atoms with Crippen LogP contribution in [0.25, 0.3) is 71.6 Å². The van der Waals surface area contributed by atoms with Crippen molar-refractivity contribution in [2.45, 2.75) is 38.0 Å². The van der Waals surface area contributed by atoms with Crippen molar-refractivity contribution in [3.63, 3.8) is 0 Å². The average molecular weight is 823 g/mol. The fourth-order valence-corrected chi connectivity index (χ4v) is 13.1. The number of nitrogens with zero attached hydrogens (tertiary/aromatic N) is 2. The van der Waals surface area contributed by atoms with Crippen LogP contribution in [0, 0.1) is 23.7 Å². The summed E-state index contributed by atoms with van der Waals surface area (Å²) in [6.45, 7) is 2.50. The van der Waals surface area contributed by atoms with E-state index in [1.165, 1.54) is 97.3 Å². The van der Waals surface area contributed by atoms with E-state index in [-0.39, 0.29) is 0 Å². The van der Waals surface area contributed by atoms with E-state index < -0.39 is 0 Å². The number of rotatable bonds is 8. The van der Waals surface area contributed by atoms with Crippen LogP contribution in [-0.2, 0) is 5.41 Å². The molecule has 0 bridgehead atoms. The molecule has 9 aromatic carbocycles. The standard InChI is InChI=1S/C62H50N2/c1-41-37-45-38-46-40-62(39-41,61(45)46)56-23-11-7-17-50(56)43-27-31-47(32-28-43)63(60-36-35-49(42-15-3-2-4-16-42)52-19-5-6-20-53(52)60)48-33-29-44(30-34-48)51-18-8-12-24-57(51)64-58-25-13-9-21-54(58)55-22-10-14-26-59(55)64/h2-36,41,45-46,61H,37-40H2,1H3/t41-,45?,46-,61?,62-/m0/s1. The monoisotopic (exact) mass is 822 g/mol. The highest BCUT2D eigenvalue weighted by Gasteiger charge is 2.66. The predicted molar refractivity (Wildman–Crippen MR) is 269 cm³/mol. The Balaban J connectivity index is 0.934. The third kappa shape index (κ3) is 5.71. The highest BCUT2D eigenvalue weighted by atomic mass is 15.1. The smallest absolute Gasteiger partial charge is 0.0541 e. The van der Waals surface area contributed by atoms with E-state index in [9.17, 15) is 0 Å². The first kappa shape index (κ1) is 37.4. The number of anilines is 3. The quantitative estimate of drug-likeness (QED) is 0.148. The zero-order chi connectivity index (χ0) is 42.4. The van der Waals surface area contributed by atoms with Gasteiger partial charge in [0.15, 0.2) is 0 Å². The van der Waals surface area contributed by atoms with Gasteiger partial charge in [-0.05, 0) is 142 Å². The second kappa shape index (κ2) is 14.7. The molecule has 0 N–H and O–H groups in total. The maximum Gasteiger partial charge on any atom is 0.0541 e. The minimum absolute atomic E-state index is 0.341. The third-order valence-corrected chi connectivity index (χ3v) is 15.6. The Morgan fingerprint density at radius 3 is 1.66 bits per heavy atom. The lowest BCUT2D eigenvalue weighted by atomic mass is 9.34. The van der Waals surface area contributed by atoms with Crippen molar-refractivity contribution in [3.05, 3.63) is 218 Å². The minimum Gasteiger partial charge on any atom is -0.310 e. The summed E-state index contributed by atoms with van der Waals surface area (Å²) in [7, 11) is 0. The number of para-hydroxylation sites is 3. The van der Waals surface area contributed by atoms with Gasteiger partial charge < -0.3 is 9.47 Å². The van der Waals surface area contributed by atoms with E-state index >= 15 is 0 Å². The zero-order valence-electron chi connectivity index (χ0n) is 36.2. The topological polar surface area (TPSA) is 8.17 Å². The second-order valence-electron chi connectivity index (χ2n) is 19.1. The van der Waals surface area contributed by atoms with Crippen molar-refractivity contribution >= 4 is 49.6 Å². The lowest BCUT2D eigenvalue weighted by molar-refractivity contribution is -0.159. The van der Waals surface area contributed by atoms with Crippen molar-refractivity contribution in [2.24, 2.45) is 23.7 Å². The maximum atomic E-state index is 2.50. The number of hydrogen-bond donors (Lipinski definition) is 0. The van der Waals surface area contributed by atoms with E-state index in [4.69, 9.17) is 0 Å². The largest absolute Gasteiger partial charge is 0.310 e. The number of benzene rings is 9. The van der Waals surface area contributed by atoms with Crippen molar-refractivity contribution in [2.75, 3.05) is 4.90 Å². The molecule has 3 fully saturated rings. The molecular weight excluding hydrogens is 773 g/mol. The molecule has 64 heavy (non-hydrogen) atoms. The molecule has 0 radical (unpaired) electrons. The van der Waals surface area contributed by atoms with Crippen LogP contribution in [-0.4, -0.2) is 4.57 Å². The summed E-state index contributed by atoms with van der Waals surface area (Å²) >= 11 is 0. The Bertz CT molecular complexity index is 3320. The first-order valence-corrected chi connectivity index (χ1v) is 23.4. The van der Waals surface area contributed by atoms with Gasteiger partial charge in [0.1, 0.15) is 0 Å². The molecule has 3 aliphatic rings. The predicted octanol–water partition coefficient (Wildman–Crippen LogP) is 16.7. The molecule has 2 heteroatoms. The molecule has 2 unspecified atom stereocenters. The summed E-state index contributed by atoms with van der Waals surface area (Å²) in [5.74, 6) is 3.54. The van der Waals surface area contributed by atoms with Crippen molar-refractivity contribution in [1.29, 1.82) is 0 Å². The summed E-state index contributed by atoms with van der Waals surface area (Å²) in [5.41, 5.74) is 16.5. The summed E-state index contributed by atoms with van der Waals surface area (Å²) in [6.07, 6.45) is 5.58. The molecule has 2 nitrogen and oxygen atoms in total. The highest BCUT2D eigenvalue weighted by molar-refractivity contribution is 6.10. The normalized spacial score (nSPS) is 21.0. The molecular formula is C62H50N2. The number of hydrogen-bond acceptors (Lipinski definition) is 1. The average Bonchev–Trinajstić information content (AvgIpc) is 3.67. The fourth-order valence-electron chi connectivity index (χ4n) is 13.1. The van der Waals surface area contributed by atoms with Gasteiger partial charge in [0.2, 0.25) is 0 Å².